The first-order chi connectivity index (χ1) is 11.1. The molecule has 0 aliphatic heterocycles. The summed E-state index contributed by atoms with van der Waals surface area (Å²) in [6.07, 6.45) is -0.689. The van der Waals surface area contributed by atoms with Crippen molar-refractivity contribution in [3.63, 3.8) is 0 Å². The Balaban J connectivity index is 1.98. The van der Waals surface area contributed by atoms with E-state index in [0.717, 1.165) is 11.5 Å². The Kier molecular flexibility index (Phi) is 6.44. The van der Waals surface area contributed by atoms with Crippen molar-refractivity contribution in [2.24, 2.45) is 4.99 Å². The van der Waals surface area contributed by atoms with Crippen LogP contribution in [0.25, 0.3) is 0 Å². The van der Waals surface area contributed by atoms with Crippen molar-refractivity contribution < 1.29 is 5.11 Å². The summed E-state index contributed by atoms with van der Waals surface area (Å²) >= 11 is 6.11. The number of nitrogens with one attached hydrogen (secondary N) is 1. The first-order valence-corrected chi connectivity index (χ1v) is 7.88. The molecule has 5 heteroatoms. The van der Waals surface area contributed by atoms with E-state index in [4.69, 9.17) is 11.6 Å². The SMILES string of the molecule is CN(C)C(=NCc1ccccc1)NCC(O)c1ccccc1Cl. The largest absolute Gasteiger partial charge is 0.387 e. The summed E-state index contributed by atoms with van der Waals surface area (Å²) < 4.78 is 0. The maximum atomic E-state index is 10.3. The van der Waals surface area contributed by atoms with E-state index in [2.05, 4.69) is 10.3 Å². The van der Waals surface area contributed by atoms with E-state index >= 15 is 0 Å². The molecule has 4 nitrogen and oxygen atoms in total. The van der Waals surface area contributed by atoms with Gasteiger partial charge in [-0.15, -0.1) is 0 Å². The second kappa shape index (κ2) is 8.56. The summed E-state index contributed by atoms with van der Waals surface area (Å²) in [5.74, 6) is 0.722. The first kappa shape index (κ1) is 17.3. The molecule has 0 amide bonds. The number of aliphatic hydroxyl groups is 1. The summed E-state index contributed by atoms with van der Waals surface area (Å²) in [7, 11) is 3.83. The van der Waals surface area contributed by atoms with Crippen molar-refractivity contribution in [3.8, 4) is 0 Å². The van der Waals surface area contributed by atoms with Crippen LogP contribution in [0.2, 0.25) is 5.02 Å². The maximum Gasteiger partial charge on any atom is 0.193 e. The van der Waals surface area contributed by atoms with Gasteiger partial charge < -0.3 is 15.3 Å². The molecule has 2 N–H and O–H groups in total. The Morgan fingerprint density at radius 1 is 1.13 bits per heavy atom. The quantitative estimate of drug-likeness (QED) is 0.654. The molecule has 0 radical (unpaired) electrons. The molecule has 0 fully saturated rings. The van der Waals surface area contributed by atoms with Crippen LogP contribution in [0.1, 0.15) is 17.2 Å². The second-order valence-corrected chi connectivity index (χ2v) is 5.85. The van der Waals surface area contributed by atoms with E-state index in [1.54, 1.807) is 6.07 Å². The molecule has 0 heterocycles. The van der Waals surface area contributed by atoms with Gasteiger partial charge in [0.1, 0.15) is 0 Å². The van der Waals surface area contributed by atoms with Gasteiger partial charge in [0.15, 0.2) is 5.96 Å². The summed E-state index contributed by atoms with van der Waals surface area (Å²) in [4.78, 5) is 6.46. The Morgan fingerprint density at radius 2 is 1.78 bits per heavy atom. The van der Waals surface area contributed by atoms with Crippen LogP contribution in [0, 0.1) is 0 Å². The predicted octanol–water partition coefficient (Wildman–Crippen LogP) is 3.08. The third kappa shape index (κ3) is 5.27. The maximum absolute atomic E-state index is 10.3. The lowest BCUT2D eigenvalue weighted by Gasteiger charge is -2.20. The van der Waals surface area contributed by atoms with Gasteiger partial charge in [-0.25, -0.2) is 4.99 Å². The van der Waals surface area contributed by atoms with E-state index < -0.39 is 6.10 Å². The van der Waals surface area contributed by atoms with Crippen LogP contribution in [-0.2, 0) is 6.54 Å². The standard InChI is InChI=1S/C18H22ClN3O/c1-22(2)18(20-12-14-8-4-3-5-9-14)21-13-17(23)15-10-6-7-11-16(15)19/h3-11,17,23H,12-13H2,1-2H3,(H,20,21). The predicted molar refractivity (Wildman–Crippen MR) is 95.7 cm³/mol. The number of benzene rings is 2. The van der Waals surface area contributed by atoms with Crippen molar-refractivity contribution in [3.05, 3.63) is 70.7 Å². The highest BCUT2D eigenvalue weighted by Crippen LogP contribution is 2.21. The summed E-state index contributed by atoms with van der Waals surface area (Å²) in [6, 6.07) is 17.4. The summed E-state index contributed by atoms with van der Waals surface area (Å²) in [6.45, 7) is 0.930. The first-order valence-electron chi connectivity index (χ1n) is 7.50. The van der Waals surface area contributed by atoms with Gasteiger partial charge in [-0.1, -0.05) is 60.1 Å². The van der Waals surface area contributed by atoms with Gasteiger partial charge in [0, 0.05) is 31.2 Å². The Labute approximate surface area is 142 Å². The molecule has 2 rings (SSSR count). The average molecular weight is 332 g/mol. The van der Waals surface area contributed by atoms with E-state index in [1.807, 2.05) is 67.5 Å². The molecule has 0 saturated heterocycles. The fourth-order valence-electron chi connectivity index (χ4n) is 2.15. The molecule has 0 aliphatic rings. The van der Waals surface area contributed by atoms with Gasteiger partial charge in [-0.05, 0) is 11.6 Å². The number of rotatable bonds is 5. The molecule has 1 unspecified atom stereocenters. The summed E-state index contributed by atoms with van der Waals surface area (Å²) in [5.41, 5.74) is 1.85. The molecule has 23 heavy (non-hydrogen) atoms. The van der Waals surface area contributed by atoms with Gasteiger partial charge in [0.2, 0.25) is 0 Å². The van der Waals surface area contributed by atoms with Crippen LogP contribution in [-0.4, -0.2) is 36.6 Å². The topological polar surface area (TPSA) is 47.9 Å². The highest BCUT2D eigenvalue weighted by molar-refractivity contribution is 6.31. The minimum absolute atomic E-state index is 0.343. The molecule has 2 aromatic rings. The van der Waals surface area contributed by atoms with Crippen molar-refractivity contribution in [2.45, 2.75) is 12.6 Å². The van der Waals surface area contributed by atoms with Crippen molar-refractivity contribution in [1.82, 2.24) is 10.2 Å². The molecule has 0 aromatic heterocycles. The number of nitrogens with zero attached hydrogens (tertiary/aromatic N) is 2. The molecule has 2 aromatic carbocycles. The molecule has 0 bridgehead atoms. The molecular formula is C18H22ClN3O. The van der Waals surface area contributed by atoms with Gasteiger partial charge in [0.25, 0.3) is 0 Å². The normalized spacial score (nSPS) is 12.8. The van der Waals surface area contributed by atoms with E-state index in [9.17, 15) is 5.11 Å². The molecule has 0 aliphatic carbocycles. The van der Waals surface area contributed by atoms with Gasteiger partial charge in [-0.2, -0.15) is 0 Å². The number of guanidine groups is 1. The van der Waals surface area contributed by atoms with Crippen LogP contribution >= 0.6 is 11.6 Å². The van der Waals surface area contributed by atoms with Crippen molar-refractivity contribution in [1.29, 1.82) is 0 Å². The zero-order valence-electron chi connectivity index (χ0n) is 13.4. The van der Waals surface area contributed by atoms with Gasteiger partial charge in [-0.3, -0.25) is 0 Å². The van der Waals surface area contributed by atoms with Gasteiger partial charge in [0.05, 0.1) is 12.6 Å². The molecule has 0 saturated carbocycles. The number of hydrogen-bond acceptors (Lipinski definition) is 2. The molecule has 1 atom stereocenters. The van der Waals surface area contributed by atoms with Crippen molar-refractivity contribution >= 4 is 17.6 Å². The zero-order chi connectivity index (χ0) is 16.7. The number of aliphatic imine (C=N–C) groups is 1. The van der Waals surface area contributed by atoms with Crippen LogP contribution in [0.5, 0.6) is 0 Å². The second-order valence-electron chi connectivity index (χ2n) is 5.44. The van der Waals surface area contributed by atoms with E-state index in [1.165, 1.54) is 0 Å². The lowest BCUT2D eigenvalue weighted by molar-refractivity contribution is 0.180. The molecular weight excluding hydrogens is 310 g/mol. The Hall–Kier alpha value is -2.04. The molecule has 122 valence electrons. The monoisotopic (exact) mass is 331 g/mol. The summed E-state index contributed by atoms with van der Waals surface area (Å²) in [5, 5.41) is 14.0. The highest BCUT2D eigenvalue weighted by Gasteiger charge is 2.12. The minimum Gasteiger partial charge on any atom is -0.387 e. The smallest absolute Gasteiger partial charge is 0.193 e. The van der Waals surface area contributed by atoms with Crippen LogP contribution in [0.4, 0.5) is 0 Å². The number of hydrogen-bond donors (Lipinski definition) is 2. The minimum atomic E-state index is -0.689. The van der Waals surface area contributed by atoms with E-state index in [-0.39, 0.29) is 0 Å². The number of halogens is 1. The third-order valence-electron chi connectivity index (χ3n) is 3.40. The Morgan fingerprint density at radius 3 is 2.43 bits per heavy atom. The molecule has 0 spiro atoms. The Bertz CT molecular complexity index is 644. The fourth-order valence-corrected chi connectivity index (χ4v) is 2.41. The lowest BCUT2D eigenvalue weighted by atomic mass is 10.1. The average Bonchev–Trinajstić information content (AvgIpc) is 2.55. The van der Waals surface area contributed by atoms with Crippen LogP contribution < -0.4 is 5.32 Å². The fraction of sp³-hybridized carbons (Fsp3) is 0.278. The lowest BCUT2D eigenvalue weighted by Crippen LogP contribution is -2.38. The van der Waals surface area contributed by atoms with Gasteiger partial charge >= 0.3 is 0 Å². The highest BCUT2D eigenvalue weighted by atomic mass is 35.5. The zero-order valence-corrected chi connectivity index (χ0v) is 14.2. The van der Waals surface area contributed by atoms with Crippen molar-refractivity contribution in [2.75, 3.05) is 20.6 Å². The third-order valence-corrected chi connectivity index (χ3v) is 3.74. The van der Waals surface area contributed by atoms with Crippen LogP contribution in [0.15, 0.2) is 59.6 Å². The number of aliphatic hydroxyl groups excluding tert-OH is 1. The van der Waals surface area contributed by atoms with Crippen LogP contribution in [0.3, 0.4) is 0 Å². The van der Waals surface area contributed by atoms with E-state index in [0.29, 0.717) is 23.7 Å².